The van der Waals surface area contributed by atoms with Gasteiger partial charge in [0.25, 0.3) is 5.91 Å². The van der Waals surface area contributed by atoms with E-state index in [0.717, 1.165) is 37.2 Å². The maximum atomic E-state index is 12.9. The highest BCUT2D eigenvalue weighted by Crippen LogP contribution is 2.49. The number of rotatable bonds is 3. The Bertz CT molecular complexity index is 746. The van der Waals surface area contributed by atoms with Gasteiger partial charge in [-0.25, -0.2) is 0 Å². The Morgan fingerprint density at radius 1 is 1.15 bits per heavy atom. The van der Waals surface area contributed by atoms with Gasteiger partial charge in [-0.05, 0) is 67.3 Å². The highest BCUT2D eigenvalue weighted by molar-refractivity contribution is 7.17. The van der Waals surface area contributed by atoms with Gasteiger partial charge in [0.2, 0.25) is 5.91 Å². The van der Waals surface area contributed by atoms with Gasteiger partial charge in [0.05, 0.1) is 5.56 Å². The standard InChI is InChI=1S/C21H30N2O2S/c1-21(2,3)13-6-7-14-16(10-13)26-20(17(14)18(22)24)23-19(25)15-9-11-4-5-12(15)8-11/h11-13,15H,4-10H2,1-3H3,(H2,22,24)(H,23,25)/t11-,12-,13-,15-/m1/s1. The number of nitrogens with one attached hydrogen (secondary N) is 1. The van der Waals surface area contributed by atoms with E-state index < -0.39 is 5.91 Å². The van der Waals surface area contributed by atoms with Gasteiger partial charge in [0, 0.05) is 10.8 Å². The maximum Gasteiger partial charge on any atom is 0.251 e. The van der Waals surface area contributed by atoms with Crippen molar-refractivity contribution in [1.82, 2.24) is 0 Å². The van der Waals surface area contributed by atoms with E-state index in [0.29, 0.717) is 22.4 Å². The van der Waals surface area contributed by atoms with Crippen molar-refractivity contribution in [3.05, 3.63) is 16.0 Å². The molecule has 3 aliphatic carbocycles. The molecule has 4 atom stereocenters. The predicted octanol–water partition coefficient (Wildman–Crippen LogP) is 4.37. The van der Waals surface area contributed by atoms with Gasteiger partial charge in [-0.1, -0.05) is 27.2 Å². The minimum Gasteiger partial charge on any atom is -0.365 e. The van der Waals surface area contributed by atoms with E-state index in [9.17, 15) is 9.59 Å². The summed E-state index contributed by atoms with van der Waals surface area (Å²) < 4.78 is 0. The zero-order valence-electron chi connectivity index (χ0n) is 16.1. The molecule has 0 saturated heterocycles. The number of hydrogen-bond acceptors (Lipinski definition) is 3. The smallest absolute Gasteiger partial charge is 0.251 e. The van der Waals surface area contributed by atoms with Crippen LogP contribution in [-0.2, 0) is 17.6 Å². The summed E-state index contributed by atoms with van der Waals surface area (Å²) in [4.78, 5) is 26.2. The third-order valence-electron chi connectivity index (χ3n) is 7.05. The number of fused-ring (bicyclic) bond motifs is 3. The molecule has 2 bridgehead atoms. The van der Waals surface area contributed by atoms with E-state index in [4.69, 9.17) is 5.73 Å². The number of anilines is 1. The largest absolute Gasteiger partial charge is 0.365 e. The molecule has 3 N–H and O–H groups in total. The van der Waals surface area contributed by atoms with E-state index in [1.54, 1.807) is 11.3 Å². The highest BCUT2D eigenvalue weighted by atomic mass is 32.1. The Kier molecular flexibility index (Phi) is 4.41. The number of nitrogens with two attached hydrogens (primary N) is 1. The summed E-state index contributed by atoms with van der Waals surface area (Å²) in [5, 5.41) is 3.81. The molecule has 3 aliphatic rings. The number of carbonyl (C=O) groups is 2. The first-order valence-corrected chi connectivity index (χ1v) is 10.8. The van der Waals surface area contributed by atoms with Crippen LogP contribution in [0.3, 0.4) is 0 Å². The molecule has 0 aliphatic heterocycles. The fraction of sp³-hybridized carbons (Fsp3) is 0.714. The maximum absolute atomic E-state index is 12.9. The van der Waals surface area contributed by atoms with Crippen molar-refractivity contribution in [2.24, 2.45) is 34.8 Å². The molecular formula is C21H30N2O2S. The molecule has 0 unspecified atom stereocenters. The number of amides is 2. The second kappa shape index (κ2) is 6.36. The quantitative estimate of drug-likeness (QED) is 0.824. The Labute approximate surface area is 159 Å². The van der Waals surface area contributed by atoms with Crippen LogP contribution in [0, 0.1) is 29.1 Å². The molecule has 1 aromatic heterocycles. The summed E-state index contributed by atoms with van der Waals surface area (Å²) in [7, 11) is 0. The topological polar surface area (TPSA) is 72.2 Å². The summed E-state index contributed by atoms with van der Waals surface area (Å²) in [5.41, 5.74) is 7.63. The monoisotopic (exact) mass is 374 g/mol. The van der Waals surface area contributed by atoms with Crippen LogP contribution in [-0.4, -0.2) is 11.8 Å². The fourth-order valence-corrected chi connectivity index (χ4v) is 6.78. The van der Waals surface area contributed by atoms with Crippen LogP contribution in [0.25, 0.3) is 0 Å². The number of hydrogen-bond donors (Lipinski definition) is 2. The van der Waals surface area contributed by atoms with Gasteiger partial charge in [-0.15, -0.1) is 11.3 Å². The number of carbonyl (C=O) groups excluding carboxylic acids is 2. The minimum atomic E-state index is -0.403. The second-order valence-electron chi connectivity index (χ2n) is 9.65. The van der Waals surface area contributed by atoms with Crippen molar-refractivity contribution >= 4 is 28.2 Å². The highest BCUT2D eigenvalue weighted by Gasteiger charge is 2.43. The van der Waals surface area contributed by atoms with E-state index in [1.165, 1.54) is 24.1 Å². The van der Waals surface area contributed by atoms with E-state index in [-0.39, 0.29) is 17.2 Å². The first kappa shape index (κ1) is 18.0. The van der Waals surface area contributed by atoms with Crippen LogP contribution in [0.5, 0.6) is 0 Å². The summed E-state index contributed by atoms with van der Waals surface area (Å²) in [6.45, 7) is 6.84. The van der Waals surface area contributed by atoms with Crippen molar-refractivity contribution in [2.75, 3.05) is 5.32 Å². The Hall–Kier alpha value is -1.36. The molecule has 1 aromatic rings. The zero-order chi connectivity index (χ0) is 18.6. The molecular weight excluding hydrogens is 344 g/mol. The summed E-state index contributed by atoms with van der Waals surface area (Å²) in [5.74, 6) is 1.69. The van der Waals surface area contributed by atoms with Crippen molar-refractivity contribution in [2.45, 2.75) is 65.7 Å². The molecule has 2 amide bonds. The van der Waals surface area contributed by atoms with Gasteiger partial charge in [0.15, 0.2) is 0 Å². The third-order valence-corrected chi connectivity index (χ3v) is 8.22. The fourth-order valence-electron chi connectivity index (χ4n) is 5.44. The average Bonchev–Trinajstić information content (AvgIpc) is 3.26. The lowest BCUT2D eigenvalue weighted by atomic mass is 9.72. The second-order valence-corrected chi connectivity index (χ2v) is 10.8. The van der Waals surface area contributed by atoms with E-state index in [1.807, 2.05) is 0 Å². The molecule has 0 spiro atoms. The minimum absolute atomic E-state index is 0.102. The lowest BCUT2D eigenvalue weighted by Crippen LogP contribution is -2.28. The van der Waals surface area contributed by atoms with Gasteiger partial charge in [-0.2, -0.15) is 0 Å². The molecule has 4 nitrogen and oxygen atoms in total. The normalized spacial score (nSPS) is 30.3. The van der Waals surface area contributed by atoms with E-state index >= 15 is 0 Å². The average molecular weight is 375 g/mol. The van der Waals surface area contributed by atoms with Crippen molar-refractivity contribution in [3.8, 4) is 0 Å². The van der Waals surface area contributed by atoms with Crippen molar-refractivity contribution < 1.29 is 9.59 Å². The number of primary amides is 1. The van der Waals surface area contributed by atoms with Crippen LogP contribution < -0.4 is 11.1 Å². The molecule has 0 radical (unpaired) electrons. The van der Waals surface area contributed by atoms with Crippen molar-refractivity contribution in [1.29, 1.82) is 0 Å². The predicted molar refractivity (Wildman–Crippen MR) is 105 cm³/mol. The van der Waals surface area contributed by atoms with Crippen LogP contribution in [0.4, 0.5) is 5.00 Å². The summed E-state index contributed by atoms with van der Waals surface area (Å²) in [6.07, 6.45) is 7.62. The molecule has 4 rings (SSSR count). The van der Waals surface area contributed by atoms with Crippen LogP contribution >= 0.6 is 11.3 Å². The van der Waals surface area contributed by atoms with Crippen LogP contribution in [0.15, 0.2) is 0 Å². The third kappa shape index (κ3) is 3.08. The lowest BCUT2D eigenvalue weighted by Gasteiger charge is -2.33. The van der Waals surface area contributed by atoms with Gasteiger partial charge >= 0.3 is 0 Å². The van der Waals surface area contributed by atoms with Crippen molar-refractivity contribution in [3.63, 3.8) is 0 Å². The van der Waals surface area contributed by atoms with Crippen LogP contribution in [0.1, 0.15) is 73.7 Å². The Morgan fingerprint density at radius 2 is 1.92 bits per heavy atom. The van der Waals surface area contributed by atoms with E-state index in [2.05, 4.69) is 26.1 Å². The Morgan fingerprint density at radius 3 is 2.50 bits per heavy atom. The van der Waals surface area contributed by atoms with Gasteiger partial charge < -0.3 is 11.1 Å². The first-order valence-electron chi connectivity index (χ1n) is 9.99. The Balaban J connectivity index is 1.58. The molecule has 1 heterocycles. The van der Waals surface area contributed by atoms with Crippen LogP contribution in [0.2, 0.25) is 0 Å². The molecule has 2 fully saturated rings. The lowest BCUT2D eigenvalue weighted by molar-refractivity contribution is -0.121. The molecule has 142 valence electrons. The van der Waals surface area contributed by atoms with Gasteiger partial charge in [-0.3, -0.25) is 9.59 Å². The summed E-state index contributed by atoms with van der Waals surface area (Å²) in [6, 6.07) is 0. The SMILES string of the molecule is CC(C)(C)[C@@H]1CCc2c(sc(NC(=O)[C@@H]3C[C@@H]4CC[C@@H]3C4)c2C(N)=O)C1. The molecule has 26 heavy (non-hydrogen) atoms. The molecule has 2 saturated carbocycles. The number of thiophene rings is 1. The molecule has 5 heteroatoms. The van der Waals surface area contributed by atoms with Gasteiger partial charge in [0.1, 0.15) is 5.00 Å². The summed E-state index contributed by atoms with van der Waals surface area (Å²) >= 11 is 1.58. The first-order chi connectivity index (χ1) is 12.2. The molecule has 0 aromatic carbocycles. The zero-order valence-corrected chi connectivity index (χ0v) is 16.9.